The quantitative estimate of drug-likeness (QED) is 0.788. The topological polar surface area (TPSA) is 77.9 Å². The van der Waals surface area contributed by atoms with Gasteiger partial charge in [-0.05, 0) is 44.4 Å². The van der Waals surface area contributed by atoms with Gasteiger partial charge in [-0.1, -0.05) is 19.3 Å². The molecule has 6 nitrogen and oxygen atoms in total. The zero-order valence-electron chi connectivity index (χ0n) is 15.0. The van der Waals surface area contributed by atoms with E-state index >= 15 is 0 Å². The first-order valence-electron chi connectivity index (χ1n) is 9.88. The van der Waals surface area contributed by atoms with E-state index in [1.807, 2.05) is 4.90 Å². The van der Waals surface area contributed by atoms with Gasteiger partial charge in [-0.15, -0.1) is 0 Å². The van der Waals surface area contributed by atoms with Crippen LogP contribution in [0.4, 0.5) is 0 Å². The lowest BCUT2D eigenvalue weighted by Crippen LogP contribution is -2.48. The largest absolute Gasteiger partial charge is 0.481 e. The minimum atomic E-state index is -0.979. The molecule has 0 radical (unpaired) electrons. The Morgan fingerprint density at radius 3 is 1.92 bits per heavy atom. The van der Waals surface area contributed by atoms with Crippen molar-refractivity contribution in [3.05, 3.63) is 0 Å². The van der Waals surface area contributed by atoms with E-state index < -0.39 is 11.9 Å². The van der Waals surface area contributed by atoms with Gasteiger partial charge in [0.15, 0.2) is 0 Å². The molecule has 0 bridgehead atoms. The number of hydrogen-bond donors (Lipinski definition) is 1. The Morgan fingerprint density at radius 2 is 1.36 bits per heavy atom. The number of carbonyl (C=O) groups excluding carboxylic acids is 2. The number of likely N-dealkylation sites (tertiary alicyclic amines) is 2. The smallest absolute Gasteiger partial charge is 0.316 e. The van der Waals surface area contributed by atoms with Crippen LogP contribution in [-0.4, -0.2) is 58.9 Å². The summed E-state index contributed by atoms with van der Waals surface area (Å²) in [5.74, 6) is -1.90. The van der Waals surface area contributed by atoms with Gasteiger partial charge >= 0.3 is 5.97 Å². The van der Waals surface area contributed by atoms with Crippen molar-refractivity contribution in [1.82, 2.24) is 9.80 Å². The van der Waals surface area contributed by atoms with E-state index in [1.165, 1.54) is 0 Å². The molecule has 2 amide bonds. The average Bonchev–Trinajstić information content (AvgIpc) is 3.16. The van der Waals surface area contributed by atoms with Crippen LogP contribution in [0.2, 0.25) is 0 Å². The zero-order valence-corrected chi connectivity index (χ0v) is 15.0. The number of nitrogens with zero attached hydrogens (tertiary/aromatic N) is 2. The third kappa shape index (κ3) is 4.15. The Morgan fingerprint density at radius 1 is 0.760 bits per heavy atom. The molecule has 140 valence electrons. The van der Waals surface area contributed by atoms with Gasteiger partial charge in [-0.3, -0.25) is 14.4 Å². The first-order chi connectivity index (χ1) is 12.1. The van der Waals surface area contributed by atoms with E-state index in [2.05, 4.69) is 0 Å². The van der Waals surface area contributed by atoms with E-state index in [1.54, 1.807) is 4.90 Å². The molecule has 1 unspecified atom stereocenters. The number of aliphatic carboxylic acids is 1. The Hall–Kier alpha value is -1.59. The van der Waals surface area contributed by atoms with E-state index in [-0.39, 0.29) is 23.7 Å². The van der Waals surface area contributed by atoms with Crippen molar-refractivity contribution in [1.29, 1.82) is 0 Å². The molecule has 1 aliphatic carbocycles. The van der Waals surface area contributed by atoms with Crippen LogP contribution >= 0.6 is 0 Å². The molecular weight excluding hydrogens is 320 g/mol. The van der Waals surface area contributed by atoms with Gasteiger partial charge in [0.25, 0.3) is 0 Å². The van der Waals surface area contributed by atoms with Crippen LogP contribution in [0.5, 0.6) is 0 Å². The summed E-state index contributed by atoms with van der Waals surface area (Å²) in [4.78, 5) is 40.7. The van der Waals surface area contributed by atoms with Crippen LogP contribution in [0.1, 0.15) is 57.8 Å². The summed E-state index contributed by atoms with van der Waals surface area (Å²) in [5.41, 5.74) is 0. The van der Waals surface area contributed by atoms with Crippen LogP contribution in [-0.2, 0) is 14.4 Å². The number of carboxylic acids is 1. The zero-order chi connectivity index (χ0) is 17.8. The molecule has 3 aliphatic rings. The number of amides is 2. The fraction of sp³-hybridized carbons (Fsp3) is 0.842. The van der Waals surface area contributed by atoms with E-state index in [0.717, 1.165) is 58.0 Å². The molecule has 3 fully saturated rings. The molecule has 2 heterocycles. The van der Waals surface area contributed by atoms with Crippen molar-refractivity contribution < 1.29 is 19.5 Å². The average molecular weight is 350 g/mol. The van der Waals surface area contributed by atoms with E-state index in [9.17, 15) is 19.5 Å². The molecule has 0 aromatic heterocycles. The highest BCUT2D eigenvalue weighted by atomic mass is 16.4. The molecule has 0 spiro atoms. The second-order valence-corrected chi connectivity index (χ2v) is 7.85. The standard InChI is InChI=1S/C19H30N2O4/c22-17(20-10-4-5-11-20)15-8-12-21(13-9-15)18(23)16(19(24)25)14-6-2-1-3-7-14/h14-16H,1-13H2,(H,24,25). The number of carbonyl (C=O) groups is 3. The van der Waals surface area contributed by atoms with Gasteiger partial charge in [0.2, 0.25) is 11.8 Å². The maximum atomic E-state index is 12.8. The van der Waals surface area contributed by atoms with Gasteiger partial charge in [-0.2, -0.15) is 0 Å². The molecule has 2 saturated heterocycles. The summed E-state index contributed by atoms with van der Waals surface area (Å²) in [5, 5.41) is 9.60. The van der Waals surface area contributed by atoms with Crippen molar-refractivity contribution in [2.75, 3.05) is 26.2 Å². The maximum Gasteiger partial charge on any atom is 0.316 e. The van der Waals surface area contributed by atoms with Gasteiger partial charge in [0.1, 0.15) is 5.92 Å². The molecule has 2 aliphatic heterocycles. The van der Waals surface area contributed by atoms with Crippen LogP contribution in [0.25, 0.3) is 0 Å². The van der Waals surface area contributed by atoms with Crippen molar-refractivity contribution in [3.8, 4) is 0 Å². The van der Waals surface area contributed by atoms with Crippen LogP contribution in [0.3, 0.4) is 0 Å². The molecule has 1 atom stereocenters. The van der Waals surface area contributed by atoms with Crippen molar-refractivity contribution in [2.24, 2.45) is 17.8 Å². The second kappa shape index (κ2) is 8.19. The third-order valence-corrected chi connectivity index (χ3v) is 6.23. The Kier molecular flexibility index (Phi) is 5.97. The van der Waals surface area contributed by atoms with E-state index in [4.69, 9.17) is 0 Å². The monoisotopic (exact) mass is 350 g/mol. The van der Waals surface area contributed by atoms with E-state index in [0.29, 0.717) is 25.9 Å². The lowest BCUT2D eigenvalue weighted by atomic mass is 9.79. The predicted octanol–water partition coefficient (Wildman–Crippen LogP) is 2.13. The Bertz CT molecular complexity index is 502. The number of carboxylic acid groups (broad SMARTS) is 1. The summed E-state index contributed by atoms with van der Waals surface area (Å²) >= 11 is 0. The van der Waals surface area contributed by atoms with Crippen molar-refractivity contribution in [3.63, 3.8) is 0 Å². The Balaban J connectivity index is 1.56. The van der Waals surface area contributed by atoms with Gasteiger partial charge in [0.05, 0.1) is 0 Å². The first-order valence-corrected chi connectivity index (χ1v) is 9.88. The number of rotatable bonds is 4. The molecule has 25 heavy (non-hydrogen) atoms. The molecule has 1 saturated carbocycles. The fourth-order valence-corrected chi connectivity index (χ4v) is 4.72. The summed E-state index contributed by atoms with van der Waals surface area (Å²) < 4.78 is 0. The fourth-order valence-electron chi connectivity index (χ4n) is 4.72. The number of hydrogen-bond acceptors (Lipinski definition) is 3. The minimum absolute atomic E-state index is 0.000101. The summed E-state index contributed by atoms with van der Waals surface area (Å²) in [7, 11) is 0. The summed E-state index contributed by atoms with van der Waals surface area (Å²) in [6.07, 6.45) is 8.37. The van der Waals surface area contributed by atoms with Gasteiger partial charge in [0, 0.05) is 32.1 Å². The number of piperidine rings is 1. The minimum Gasteiger partial charge on any atom is -0.481 e. The van der Waals surface area contributed by atoms with Crippen LogP contribution in [0.15, 0.2) is 0 Å². The molecule has 1 N–H and O–H groups in total. The highest BCUT2D eigenvalue weighted by Crippen LogP contribution is 2.32. The molecule has 0 aromatic rings. The predicted molar refractivity (Wildman–Crippen MR) is 92.8 cm³/mol. The van der Waals surface area contributed by atoms with Gasteiger partial charge < -0.3 is 14.9 Å². The first kappa shape index (κ1) is 18.2. The molecule has 3 rings (SSSR count). The van der Waals surface area contributed by atoms with Crippen molar-refractivity contribution in [2.45, 2.75) is 57.8 Å². The Labute approximate surface area is 149 Å². The molecular formula is C19H30N2O4. The van der Waals surface area contributed by atoms with Gasteiger partial charge in [-0.25, -0.2) is 0 Å². The highest BCUT2D eigenvalue weighted by Gasteiger charge is 2.40. The summed E-state index contributed by atoms with van der Waals surface area (Å²) in [6, 6.07) is 0. The van der Waals surface area contributed by atoms with Crippen molar-refractivity contribution >= 4 is 17.8 Å². The normalized spacial score (nSPS) is 24.3. The third-order valence-electron chi connectivity index (χ3n) is 6.23. The van der Waals surface area contributed by atoms with Crippen LogP contribution in [0, 0.1) is 17.8 Å². The SMILES string of the molecule is O=C(O)C(C(=O)N1CCC(C(=O)N2CCCC2)CC1)C1CCCCC1. The molecule has 0 aromatic carbocycles. The maximum absolute atomic E-state index is 12.8. The lowest BCUT2D eigenvalue weighted by Gasteiger charge is -2.36. The molecule has 6 heteroatoms. The second-order valence-electron chi connectivity index (χ2n) is 7.85. The highest BCUT2D eigenvalue weighted by molar-refractivity contribution is 5.97. The van der Waals surface area contributed by atoms with Crippen LogP contribution < -0.4 is 0 Å². The summed E-state index contributed by atoms with van der Waals surface area (Å²) in [6.45, 7) is 2.75. The lowest BCUT2D eigenvalue weighted by molar-refractivity contribution is -0.156.